The molecule has 0 saturated heterocycles. The molecular formula is C25H29N5OS. The third-order valence-electron chi connectivity index (χ3n) is 8.05. The molecular weight excluding hydrogens is 418 g/mol. The number of aromatic nitrogens is 4. The zero-order valence-electron chi connectivity index (χ0n) is 18.4. The van der Waals surface area contributed by atoms with Crippen molar-refractivity contribution in [3.8, 4) is 5.69 Å². The van der Waals surface area contributed by atoms with Gasteiger partial charge in [-0.1, -0.05) is 30.0 Å². The predicted octanol–water partition coefficient (Wildman–Crippen LogP) is 4.63. The molecule has 4 aliphatic carbocycles. The smallest absolute Gasteiger partial charge is 0.230 e. The van der Waals surface area contributed by atoms with Crippen LogP contribution >= 0.6 is 11.8 Å². The molecule has 4 saturated carbocycles. The van der Waals surface area contributed by atoms with Crippen LogP contribution in [0.15, 0.2) is 47.9 Å². The van der Waals surface area contributed by atoms with Gasteiger partial charge in [-0.2, -0.15) is 5.10 Å². The summed E-state index contributed by atoms with van der Waals surface area (Å²) in [6.07, 6.45) is 11.5. The topological polar surface area (TPSA) is 72.7 Å². The van der Waals surface area contributed by atoms with Gasteiger partial charge in [0.25, 0.3) is 0 Å². The number of fused-ring (bicyclic) bond motifs is 1. The van der Waals surface area contributed by atoms with Crippen LogP contribution in [0.5, 0.6) is 0 Å². The second-order valence-electron chi connectivity index (χ2n) is 10.2. The number of rotatable bonds is 6. The zero-order valence-corrected chi connectivity index (χ0v) is 19.2. The first kappa shape index (κ1) is 20.2. The summed E-state index contributed by atoms with van der Waals surface area (Å²) in [7, 11) is 0. The number of benzene rings is 1. The average Bonchev–Trinajstić information content (AvgIpc) is 3.22. The molecule has 166 valence electrons. The normalized spacial score (nSPS) is 29.3. The zero-order chi connectivity index (χ0) is 21.7. The number of carbonyl (C=O) groups excluding carboxylic acids is 1. The van der Waals surface area contributed by atoms with E-state index in [0.717, 1.165) is 39.5 Å². The average molecular weight is 448 g/mol. The minimum atomic E-state index is 0.0976. The van der Waals surface area contributed by atoms with E-state index in [1.807, 2.05) is 35.0 Å². The van der Waals surface area contributed by atoms with Crippen LogP contribution in [0.1, 0.15) is 45.4 Å². The van der Waals surface area contributed by atoms with E-state index in [4.69, 9.17) is 0 Å². The molecule has 1 amide bonds. The van der Waals surface area contributed by atoms with Gasteiger partial charge in [-0.05, 0) is 80.8 Å². The summed E-state index contributed by atoms with van der Waals surface area (Å²) in [6, 6.07) is 10.2. The molecule has 2 aromatic heterocycles. The summed E-state index contributed by atoms with van der Waals surface area (Å²) in [5.74, 6) is 3.14. The molecule has 7 heteroatoms. The van der Waals surface area contributed by atoms with Crippen LogP contribution in [0.4, 0.5) is 0 Å². The van der Waals surface area contributed by atoms with Gasteiger partial charge in [0, 0.05) is 6.04 Å². The minimum absolute atomic E-state index is 0.0976. The maximum absolute atomic E-state index is 12.9. The lowest BCUT2D eigenvalue weighted by molar-refractivity contribution is -0.123. The first-order chi connectivity index (χ1) is 15.6. The Bertz CT molecular complexity index is 1110. The lowest BCUT2D eigenvalue weighted by Gasteiger charge is -2.59. The van der Waals surface area contributed by atoms with Crippen molar-refractivity contribution in [2.75, 3.05) is 5.75 Å². The second kappa shape index (κ2) is 7.87. The number of amides is 1. The maximum Gasteiger partial charge on any atom is 0.230 e. The quantitative estimate of drug-likeness (QED) is 0.441. The molecule has 3 aromatic rings. The maximum atomic E-state index is 12.9. The van der Waals surface area contributed by atoms with Crippen LogP contribution in [0, 0.1) is 23.2 Å². The molecule has 7 rings (SSSR count). The van der Waals surface area contributed by atoms with Crippen molar-refractivity contribution in [1.29, 1.82) is 0 Å². The Hall–Kier alpha value is -2.41. The van der Waals surface area contributed by atoms with Gasteiger partial charge in [-0.15, -0.1) is 0 Å². The number of hydrogen-bond donors (Lipinski definition) is 1. The number of thioether (sulfide) groups is 1. The van der Waals surface area contributed by atoms with Crippen LogP contribution in [0.25, 0.3) is 16.7 Å². The summed E-state index contributed by atoms with van der Waals surface area (Å²) in [6.45, 7) is 2.24. The highest BCUT2D eigenvalue weighted by atomic mass is 32.2. The van der Waals surface area contributed by atoms with Crippen LogP contribution in [-0.2, 0) is 4.79 Å². The summed E-state index contributed by atoms with van der Waals surface area (Å²) in [4.78, 5) is 21.8. The highest BCUT2D eigenvalue weighted by Gasteiger charge is 2.53. The Morgan fingerprint density at radius 2 is 1.81 bits per heavy atom. The highest BCUT2D eigenvalue weighted by molar-refractivity contribution is 8.00. The van der Waals surface area contributed by atoms with Crippen molar-refractivity contribution in [2.45, 2.75) is 56.5 Å². The lowest BCUT2D eigenvalue weighted by atomic mass is 9.48. The molecule has 0 aliphatic heterocycles. The molecule has 4 fully saturated rings. The Morgan fingerprint density at radius 1 is 1.12 bits per heavy atom. The fourth-order valence-electron chi connectivity index (χ4n) is 6.97. The van der Waals surface area contributed by atoms with Crippen molar-refractivity contribution in [2.24, 2.45) is 23.2 Å². The fourth-order valence-corrected chi connectivity index (χ4v) is 7.75. The van der Waals surface area contributed by atoms with E-state index < -0.39 is 0 Å². The van der Waals surface area contributed by atoms with Crippen molar-refractivity contribution in [1.82, 2.24) is 25.1 Å². The molecule has 4 bridgehead atoms. The van der Waals surface area contributed by atoms with Gasteiger partial charge in [0.05, 0.1) is 23.0 Å². The molecule has 1 N–H and O–H groups in total. The first-order valence-corrected chi connectivity index (χ1v) is 12.7. The summed E-state index contributed by atoms with van der Waals surface area (Å²) in [5, 5.41) is 9.55. The van der Waals surface area contributed by atoms with Crippen LogP contribution in [0.3, 0.4) is 0 Å². The first-order valence-electron chi connectivity index (χ1n) is 11.8. The van der Waals surface area contributed by atoms with Gasteiger partial charge in [0.1, 0.15) is 11.4 Å². The number of carbonyl (C=O) groups is 1. The Morgan fingerprint density at radius 3 is 2.50 bits per heavy atom. The number of hydrogen-bond acceptors (Lipinski definition) is 5. The molecule has 1 atom stereocenters. The largest absolute Gasteiger partial charge is 0.352 e. The van der Waals surface area contributed by atoms with Crippen molar-refractivity contribution < 1.29 is 4.79 Å². The van der Waals surface area contributed by atoms with E-state index >= 15 is 0 Å². The van der Waals surface area contributed by atoms with Gasteiger partial charge in [0.15, 0.2) is 5.65 Å². The number of para-hydroxylation sites is 1. The third kappa shape index (κ3) is 3.51. The third-order valence-corrected chi connectivity index (χ3v) is 9.06. The summed E-state index contributed by atoms with van der Waals surface area (Å²) < 4.78 is 1.82. The molecule has 6 nitrogen and oxygen atoms in total. The van der Waals surface area contributed by atoms with E-state index in [9.17, 15) is 4.79 Å². The SMILES string of the molecule is CC(NC(=O)CSc1ncnc2c1cnn2-c1ccccc1)C12CC3CC(CC(C3)C1)C2. The van der Waals surface area contributed by atoms with E-state index in [1.54, 1.807) is 12.5 Å². The van der Waals surface area contributed by atoms with Crippen molar-refractivity contribution in [3.63, 3.8) is 0 Å². The van der Waals surface area contributed by atoms with Gasteiger partial charge in [-0.25, -0.2) is 14.6 Å². The predicted molar refractivity (Wildman–Crippen MR) is 126 cm³/mol. The van der Waals surface area contributed by atoms with Crippen molar-refractivity contribution >= 4 is 28.7 Å². The molecule has 0 radical (unpaired) electrons. The van der Waals surface area contributed by atoms with Crippen molar-refractivity contribution in [3.05, 3.63) is 42.9 Å². The Balaban J connectivity index is 1.13. The van der Waals surface area contributed by atoms with Gasteiger partial charge < -0.3 is 5.32 Å². The van der Waals surface area contributed by atoms with Gasteiger partial charge in [-0.3, -0.25) is 4.79 Å². The van der Waals surface area contributed by atoms with E-state index in [1.165, 1.54) is 50.3 Å². The number of nitrogens with one attached hydrogen (secondary N) is 1. The van der Waals surface area contributed by atoms with Crippen LogP contribution < -0.4 is 5.32 Å². The molecule has 1 aromatic carbocycles. The highest BCUT2D eigenvalue weighted by Crippen LogP contribution is 2.61. The molecule has 1 unspecified atom stereocenters. The fraction of sp³-hybridized carbons (Fsp3) is 0.520. The van der Waals surface area contributed by atoms with Crippen LogP contribution in [0.2, 0.25) is 0 Å². The Kier molecular flexibility index (Phi) is 4.97. The lowest BCUT2D eigenvalue weighted by Crippen LogP contribution is -2.56. The van der Waals surface area contributed by atoms with Gasteiger partial charge in [0.2, 0.25) is 5.91 Å². The van der Waals surface area contributed by atoms with Crippen LogP contribution in [-0.4, -0.2) is 37.5 Å². The molecule has 2 heterocycles. The number of nitrogens with zero attached hydrogens (tertiary/aromatic N) is 4. The summed E-state index contributed by atoms with van der Waals surface area (Å²) in [5.41, 5.74) is 2.05. The Labute approximate surface area is 192 Å². The van der Waals surface area contributed by atoms with E-state index in [0.29, 0.717) is 11.2 Å². The van der Waals surface area contributed by atoms with E-state index in [2.05, 4.69) is 27.3 Å². The minimum Gasteiger partial charge on any atom is -0.352 e. The standard InChI is InChI=1S/C25H29N5OS/c1-16(25-10-17-7-18(11-25)9-19(8-17)12-25)29-22(31)14-32-24-21-13-28-30(23(21)26-15-27-24)20-5-3-2-4-6-20/h2-6,13,15-19H,7-12,14H2,1H3,(H,29,31). The van der Waals surface area contributed by atoms with E-state index in [-0.39, 0.29) is 11.9 Å². The monoisotopic (exact) mass is 447 g/mol. The second-order valence-corrected chi connectivity index (χ2v) is 11.1. The molecule has 0 spiro atoms. The van der Waals surface area contributed by atoms with Gasteiger partial charge >= 0.3 is 0 Å². The molecule has 32 heavy (non-hydrogen) atoms. The molecule has 4 aliphatic rings. The summed E-state index contributed by atoms with van der Waals surface area (Å²) >= 11 is 1.47.